The number of para-hydroxylation sites is 1. The van der Waals surface area contributed by atoms with E-state index in [9.17, 15) is 9.90 Å². The molecular weight excluding hydrogens is 396 g/mol. The molecule has 2 aliphatic heterocycles. The van der Waals surface area contributed by atoms with E-state index in [1.165, 1.54) is 0 Å². The summed E-state index contributed by atoms with van der Waals surface area (Å²) in [7, 11) is 2.19. The highest BCUT2D eigenvalue weighted by Gasteiger charge is 2.32. The molecule has 2 aliphatic rings. The molecule has 31 heavy (non-hydrogen) atoms. The summed E-state index contributed by atoms with van der Waals surface area (Å²) in [5.74, 6) is -0.108. The minimum atomic E-state index is -0.199. The van der Waals surface area contributed by atoms with Crippen LogP contribution in [-0.4, -0.2) is 78.5 Å². The highest BCUT2D eigenvalue weighted by Crippen LogP contribution is 2.28. The Morgan fingerprint density at radius 3 is 2.94 bits per heavy atom. The smallest absolute Gasteiger partial charge is 0.298 e. The molecule has 3 unspecified atom stereocenters. The van der Waals surface area contributed by atoms with E-state index >= 15 is 0 Å². The fourth-order valence-corrected chi connectivity index (χ4v) is 4.87. The maximum atomic E-state index is 13.2. The van der Waals surface area contributed by atoms with E-state index in [2.05, 4.69) is 36.1 Å². The number of aliphatic hydroxyl groups is 1. The first-order valence-electron chi connectivity index (χ1n) is 11.4. The minimum absolute atomic E-state index is 0.0424. The van der Waals surface area contributed by atoms with E-state index in [1.807, 2.05) is 17.0 Å². The molecular formula is C23H34N4O4. The van der Waals surface area contributed by atoms with E-state index in [-0.39, 0.29) is 24.6 Å². The predicted molar refractivity (Wildman–Crippen MR) is 119 cm³/mol. The van der Waals surface area contributed by atoms with Gasteiger partial charge in [0.15, 0.2) is 5.58 Å². The second-order valence-corrected chi connectivity index (χ2v) is 8.85. The molecule has 4 rings (SSSR count). The van der Waals surface area contributed by atoms with Gasteiger partial charge >= 0.3 is 0 Å². The largest absolute Gasteiger partial charge is 0.423 e. The predicted octanol–water partition coefficient (Wildman–Crippen LogP) is 2.41. The molecule has 2 N–H and O–H groups in total. The first-order chi connectivity index (χ1) is 15.0. The number of aliphatic hydroxyl groups excluding tert-OH is 1. The van der Waals surface area contributed by atoms with Crippen molar-refractivity contribution in [3.8, 4) is 0 Å². The number of oxazole rings is 1. The van der Waals surface area contributed by atoms with Gasteiger partial charge in [0.05, 0.1) is 31.4 Å². The number of nitrogens with one attached hydrogen (secondary N) is 1. The summed E-state index contributed by atoms with van der Waals surface area (Å²) in [6.45, 7) is 5.96. The molecule has 0 radical (unpaired) electrons. The average Bonchev–Trinajstić information content (AvgIpc) is 3.21. The van der Waals surface area contributed by atoms with E-state index in [1.54, 1.807) is 6.07 Å². The van der Waals surface area contributed by atoms with Crippen molar-refractivity contribution in [2.24, 2.45) is 0 Å². The van der Waals surface area contributed by atoms with Gasteiger partial charge in [0.2, 0.25) is 0 Å². The maximum Gasteiger partial charge on any atom is 0.298 e. The molecule has 1 aromatic carbocycles. The lowest BCUT2D eigenvalue weighted by molar-refractivity contribution is 0.0700. The lowest BCUT2D eigenvalue weighted by Gasteiger charge is -2.42. The van der Waals surface area contributed by atoms with Crippen LogP contribution < -0.4 is 10.2 Å². The van der Waals surface area contributed by atoms with E-state index in [0.29, 0.717) is 54.5 Å². The quantitative estimate of drug-likeness (QED) is 0.727. The molecule has 0 spiro atoms. The van der Waals surface area contributed by atoms with Crippen LogP contribution in [0.4, 0.5) is 6.01 Å². The van der Waals surface area contributed by atoms with Gasteiger partial charge < -0.3 is 29.4 Å². The summed E-state index contributed by atoms with van der Waals surface area (Å²) in [6.07, 6.45) is 4.18. The van der Waals surface area contributed by atoms with Gasteiger partial charge in [-0.3, -0.25) is 4.79 Å². The number of carbonyl (C=O) groups excluding carboxylic acids is 1. The van der Waals surface area contributed by atoms with E-state index < -0.39 is 0 Å². The van der Waals surface area contributed by atoms with Gasteiger partial charge in [0.1, 0.15) is 5.52 Å². The number of amides is 1. The van der Waals surface area contributed by atoms with Gasteiger partial charge in [0.25, 0.3) is 11.9 Å². The van der Waals surface area contributed by atoms with Gasteiger partial charge in [-0.1, -0.05) is 19.4 Å². The molecule has 4 atom stereocenters. The van der Waals surface area contributed by atoms with Crippen molar-refractivity contribution in [2.75, 3.05) is 38.3 Å². The number of hydrogen-bond donors (Lipinski definition) is 2. The number of nitrogens with zero attached hydrogens (tertiary/aromatic N) is 3. The molecule has 2 fully saturated rings. The summed E-state index contributed by atoms with van der Waals surface area (Å²) in [4.78, 5) is 22.2. The van der Waals surface area contributed by atoms with Crippen LogP contribution in [-0.2, 0) is 4.74 Å². The minimum Gasteiger partial charge on any atom is -0.423 e. The third kappa shape index (κ3) is 4.56. The number of likely N-dealkylation sites (tertiary alicyclic amines) is 1. The summed E-state index contributed by atoms with van der Waals surface area (Å²) in [5, 5.41) is 12.9. The van der Waals surface area contributed by atoms with Crippen molar-refractivity contribution in [1.29, 1.82) is 0 Å². The Labute approximate surface area is 183 Å². The molecule has 3 heterocycles. The Morgan fingerprint density at radius 2 is 2.16 bits per heavy atom. The van der Waals surface area contributed by atoms with Crippen molar-refractivity contribution >= 4 is 23.0 Å². The number of benzene rings is 1. The zero-order chi connectivity index (χ0) is 22.0. The first kappa shape index (κ1) is 22.0. The van der Waals surface area contributed by atoms with Gasteiger partial charge in [-0.25, -0.2) is 0 Å². The standard InChI is InChI=1S/C23H34N4O4/c1-4-6-17-12-16(11-15(2)26(17)3)24-22(29)19-7-5-8-20-21(19)25-23(31-20)27-9-10-30-14-18(27)13-28/h5,7-8,15-18,28H,4,6,9-14H2,1-3H3,(H,24,29)/t15?,16?,17?,18-/m0/s1. The van der Waals surface area contributed by atoms with Crippen LogP contribution in [0.5, 0.6) is 0 Å². The zero-order valence-corrected chi connectivity index (χ0v) is 18.7. The number of aromatic nitrogens is 1. The molecule has 2 aromatic rings. The second kappa shape index (κ2) is 9.54. The average molecular weight is 431 g/mol. The van der Waals surface area contributed by atoms with Gasteiger partial charge in [-0.2, -0.15) is 4.98 Å². The van der Waals surface area contributed by atoms with Crippen molar-refractivity contribution in [3.63, 3.8) is 0 Å². The summed E-state index contributed by atoms with van der Waals surface area (Å²) < 4.78 is 11.4. The highest BCUT2D eigenvalue weighted by atomic mass is 16.5. The lowest BCUT2D eigenvalue weighted by atomic mass is 9.90. The second-order valence-electron chi connectivity index (χ2n) is 8.85. The van der Waals surface area contributed by atoms with E-state index in [0.717, 1.165) is 25.7 Å². The van der Waals surface area contributed by atoms with Crippen LogP contribution in [0, 0.1) is 0 Å². The number of piperidine rings is 1. The number of hydrogen-bond acceptors (Lipinski definition) is 7. The zero-order valence-electron chi connectivity index (χ0n) is 18.7. The number of morpholine rings is 1. The number of rotatable bonds is 6. The highest BCUT2D eigenvalue weighted by molar-refractivity contribution is 6.04. The van der Waals surface area contributed by atoms with Gasteiger partial charge in [-0.15, -0.1) is 0 Å². The Hall–Kier alpha value is -2.16. The Kier molecular flexibility index (Phi) is 6.79. The molecule has 170 valence electrons. The number of carbonyl (C=O) groups is 1. The van der Waals surface area contributed by atoms with Crippen LogP contribution in [0.1, 0.15) is 49.9 Å². The molecule has 1 amide bonds. The SMILES string of the molecule is CCCC1CC(NC(=O)c2cccc3oc(N4CCOC[C@@H]4CO)nc23)CC(C)N1C. The summed E-state index contributed by atoms with van der Waals surface area (Å²) >= 11 is 0. The topological polar surface area (TPSA) is 91.1 Å². The maximum absolute atomic E-state index is 13.2. The molecule has 0 bridgehead atoms. The molecule has 1 aromatic heterocycles. The van der Waals surface area contributed by atoms with E-state index in [4.69, 9.17) is 9.15 Å². The molecule has 8 heteroatoms. The van der Waals surface area contributed by atoms with Gasteiger partial charge in [-0.05, 0) is 45.4 Å². The first-order valence-corrected chi connectivity index (χ1v) is 11.4. The van der Waals surface area contributed by atoms with Crippen LogP contribution in [0.15, 0.2) is 22.6 Å². The van der Waals surface area contributed by atoms with Crippen LogP contribution >= 0.6 is 0 Å². The summed E-state index contributed by atoms with van der Waals surface area (Å²) in [5.41, 5.74) is 1.66. The van der Waals surface area contributed by atoms with Gasteiger partial charge in [0, 0.05) is 24.7 Å². The van der Waals surface area contributed by atoms with Crippen LogP contribution in [0.3, 0.4) is 0 Å². The van der Waals surface area contributed by atoms with Crippen molar-refractivity contribution in [2.45, 2.75) is 63.7 Å². The fraction of sp³-hybridized carbons (Fsp3) is 0.652. The van der Waals surface area contributed by atoms with Crippen LogP contribution in [0.2, 0.25) is 0 Å². The monoisotopic (exact) mass is 430 g/mol. The number of ether oxygens (including phenoxy) is 1. The number of anilines is 1. The molecule has 8 nitrogen and oxygen atoms in total. The lowest BCUT2D eigenvalue weighted by Crippen LogP contribution is -2.52. The van der Waals surface area contributed by atoms with Crippen molar-refractivity contribution in [3.05, 3.63) is 23.8 Å². The Bertz CT molecular complexity index is 901. The fourth-order valence-electron chi connectivity index (χ4n) is 4.87. The van der Waals surface area contributed by atoms with Crippen LogP contribution in [0.25, 0.3) is 11.1 Å². The molecule has 0 saturated carbocycles. The summed E-state index contributed by atoms with van der Waals surface area (Å²) in [6, 6.07) is 6.75. The van der Waals surface area contributed by atoms with Crippen molar-refractivity contribution < 1.29 is 19.1 Å². The van der Waals surface area contributed by atoms with Crippen molar-refractivity contribution in [1.82, 2.24) is 15.2 Å². The molecule has 0 aliphatic carbocycles. The molecule has 2 saturated heterocycles. The third-order valence-electron chi connectivity index (χ3n) is 6.75. The normalized spacial score (nSPS) is 27.5. The Morgan fingerprint density at radius 1 is 1.32 bits per heavy atom. The number of fused-ring (bicyclic) bond motifs is 1. The third-order valence-corrected chi connectivity index (χ3v) is 6.75. The Balaban J connectivity index is 1.54.